The molecule has 0 saturated heterocycles. The van der Waals surface area contributed by atoms with Gasteiger partial charge in [-0.05, 0) is 55.5 Å². The molecule has 88 valence electrons. The van der Waals surface area contributed by atoms with Crippen LogP contribution in [0.1, 0.15) is 25.3 Å². The summed E-state index contributed by atoms with van der Waals surface area (Å²) in [5.74, 6) is -0.0185. The Balaban J connectivity index is 2.08. The highest BCUT2D eigenvalue weighted by atomic mass is 19.1. The van der Waals surface area contributed by atoms with Gasteiger partial charge in [0.2, 0.25) is 0 Å². The molecule has 1 aliphatic rings. The summed E-state index contributed by atoms with van der Waals surface area (Å²) in [6.07, 6.45) is 2.99. The van der Waals surface area contributed by atoms with Gasteiger partial charge in [-0.2, -0.15) is 0 Å². The maximum Gasteiger partial charge on any atom is 0.126 e. The molecule has 0 aromatic heterocycles. The third-order valence-electron chi connectivity index (χ3n) is 3.10. The van der Waals surface area contributed by atoms with Crippen LogP contribution in [0, 0.1) is 17.6 Å². The molecule has 0 radical (unpaired) electrons. The Bertz CT molecular complexity index is 361. The van der Waals surface area contributed by atoms with E-state index in [1.54, 1.807) is 0 Å². The molecule has 1 fully saturated rings. The number of likely N-dealkylation sites (N-methyl/N-ethyl adjacent to an activating group) is 1. The van der Waals surface area contributed by atoms with Crippen LogP contribution >= 0.6 is 0 Å². The van der Waals surface area contributed by atoms with Crippen LogP contribution in [0.15, 0.2) is 18.2 Å². The van der Waals surface area contributed by atoms with Crippen LogP contribution in [0.3, 0.4) is 0 Å². The first-order valence-electron chi connectivity index (χ1n) is 5.88. The molecule has 0 spiro atoms. The minimum Gasteiger partial charge on any atom is -0.314 e. The summed E-state index contributed by atoms with van der Waals surface area (Å²) >= 11 is 0. The Hall–Kier alpha value is -0.960. The number of hydrogen-bond donors (Lipinski definition) is 1. The first kappa shape index (κ1) is 11.5. The molecular formula is C13H17F2N. The van der Waals surface area contributed by atoms with Crippen LogP contribution < -0.4 is 5.32 Å². The minimum atomic E-state index is -0.359. The second kappa shape index (κ2) is 4.91. The van der Waals surface area contributed by atoms with Crippen LogP contribution in [0.5, 0.6) is 0 Å². The van der Waals surface area contributed by atoms with Gasteiger partial charge in [-0.15, -0.1) is 0 Å². The Morgan fingerprint density at radius 2 is 2.12 bits per heavy atom. The third kappa shape index (κ3) is 2.79. The number of benzene rings is 1. The van der Waals surface area contributed by atoms with Crippen LogP contribution in [-0.2, 0) is 6.42 Å². The molecule has 1 aromatic rings. The van der Waals surface area contributed by atoms with Crippen LogP contribution in [0.2, 0.25) is 0 Å². The maximum absolute atomic E-state index is 13.5. The number of rotatable bonds is 5. The molecule has 1 unspecified atom stereocenters. The SMILES string of the molecule is CCNC(Cc1cc(F)ccc1F)C1CC1. The van der Waals surface area contributed by atoms with Crippen molar-refractivity contribution in [3.8, 4) is 0 Å². The highest BCUT2D eigenvalue weighted by Gasteiger charge is 2.31. The molecule has 0 heterocycles. The van der Waals surface area contributed by atoms with E-state index in [4.69, 9.17) is 0 Å². The molecular weight excluding hydrogens is 208 g/mol. The summed E-state index contributed by atoms with van der Waals surface area (Å²) in [5.41, 5.74) is 0.484. The first-order valence-corrected chi connectivity index (χ1v) is 5.88. The van der Waals surface area contributed by atoms with Crippen LogP contribution in [0.25, 0.3) is 0 Å². The summed E-state index contributed by atoms with van der Waals surface area (Å²) in [6.45, 7) is 2.91. The molecule has 1 N–H and O–H groups in total. The van der Waals surface area contributed by atoms with E-state index in [9.17, 15) is 8.78 Å². The predicted molar refractivity (Wildman–Crippen MR) is 60.3 cm³/mol. The van der Waals surface area contributed by atoms with Crippen molar-refractivity contribution in [2.45, 2.75) is 32.2 Å². The van der Waals surface area contributed by atoms with Gasteiger partial charge < -0.3 is 5.32 Å². The van der Waals surface area contributed by atoms with Crippen molar-refractivity contribution in [2.24, 2.45) is 5.92 Å². The fraction of sp³-hybridized carbons (Fsp3) is 0.538. The second-order valence-electron chi connectivity index (χ2n) is 4.44. The van der Waals surface area contributed by atoms with E-state index in [0.717, 1.165) is 12.6 Å². The zero-order chi connectivity index (χ0) is 11.5. The van der Waals surface area contributed by atoms with Gasteiger partial charge in [-0.1, -0.05) is 6.92 Å². The summed E-state index contributed by atoms with van der Waals surface area (Å²) < 4.78 is 26.5. The molecule has 0 amide bonds. The second-order valence-corrected chi connectivity index (χ2v) is 4.44. The lowest BCUT2D eigenvalue weighted by molar-refractivity contribution is 0.461. The lowest BCUT2D eigenvalue weighted by Crippen LogP contribution is -2.33. The summed E-state index contributed by atoms with van der Waals surface area (Å²) in [6, 6.07) is 3.97. The summed E-state index contributed by atoms with van der Waals surface area (Å²) in [7, 11) is 0. The van der Waals surface area contributed by atoms with Crippen molar-refractivity contribution >= 4 is 0 Å². The van der Waals surface area contributed by atoms with Crippen molar-refractivity contribution in [3.63, 3.8) is 0 Å². The molecule has 2 rings (SSSR count). The van der Waals surface area contributed by atoms with Gasteiger partial charge in [-0.3, -0.25) is 0 Å². The number of nitrogens with one attached hydrogen (secondary N) is 1. The fourth-order valence-corrected chi connectivity index (χ4v) is 2.10. The molecule has 1 aliphatic carbocycles. The highest BCUT2D eigenvalue weighted by Crippen LogP contribution is 2.34. The lowest BCUT2D eigenvalue weighted by atomic mass is 10.0. The van der Waals surface area contributed by atoms with Gasteiger partial charge in [0, 0.05) is 6.04 Å². The van der Waals surface area contributed by atoms with E-state index >= 15 is 0 Å². The normalized spacial score (nSPS) is 17.4. The Labute approximate surface area is 94.9 Å². The van der Waals surface area contributed by atoms with Gasteiger partial charge in [0.15, 0.2) is 0 Å². The Morgan fingerprint density at radius 3 is 2.75 bits per heavy atom. The van der Waals surface area contributed by atoms with Gasteiger partial charge in [-0.25, -0.2) is 8.78 Å². The quantitative estimate of drug-likeness (QED) is 0.812. The fourth-order valence-electron chi connectivity index (χ4n) is 2.10. The van der Waals surface area contributed by atoms with Crippen molar-refractivity contribution in [1.29, 1.82) is 0 Å². The van der Waals surface area contributed by atoms with E-state index < -0.39 is 0 Å². The highest BCUT2D eigenvalue weighted by molar-refractivity contribution is 5.20. The van der Waals surface area contributed by atoms with Gasteiger partial charge in [0.1, 0.15) is 11.6 Å². The van der Waals surface area contributed by atoms with Crippen LogP contribution in [0.4, 0.5) is 8.78 Å². The molecule has 1 atom stereocenters. The van der Waals surface area contributed by atoms with E-state index in [1.807, 2.05) is 6.92 Å². The van der Waals surface area contributed by atoms with Gasteiger partial charge in [0.05, 0.1) is 0 Å². The third-order valence-corrected chi connectivity index (χ3v) is 3.10. The van der Waals surface area contributed by atoms with Crippen LogP contribution in [-0.4, -0.2) is 12.6 Å². The molecule has 0 aliphatic heterocycles. The number of hydrogen-bond acceptors (Lipinski definition) is 1. The van der Waals surface area contributed by atoms with Crippen molar-refractivity contribution in [3.05, 3.63) is 35.4 Å². The minimum absolute atomic E-state index is 0.293. The van der Waals surface area contributed by atoms with Gasteiger partial charge in [0.25, 0.3) is 0 Å². The number of halogens is 2. The predicted octanol–water partition coefficient (Wildman–Crippen LogP) is 2.90. The largest absolute Gasteiger partial charge is 0.314 e. The zero-order valence-electron chi connectivity index (χ0n) is 9.47. The van der Waals surface area contributed by atoms with E-state index in [0.29, 0.717) is 23.9 Å². The first-order chi connectivity index (χ1) is 7.70. The van der Waals surface area contributed by atoms with Crippen molar-refractivity contribution in [2.75, 3.05) is 6.54 Å². The van der Waals surface area contributed by atoms with Gasteiger partial charge >= 0.3 is 0 Å². The monoisotopic (exact) mass is 225 g/mol. The molecule has 16 heavy (non-hydrogen) atoms. The topological polar surface area (TPSA) is 12.0 Å². The standard InChI is InChI=1S/C13H17F2N/c1-2-16-13(9-3-4-9)8-10-7-11(14)5-6-12(10)15/h5-7,9,13,16H,2-4,8H2,1H3. The molecule has 0 bridgehead atoms. The van der Waals surface area contributed by atoms with E-state index in [2.05, 4.69) is 5.32 Å². The Morgan fingerprint density at radius 1 is 1.38 bits per heavy atom. The average molecular weight is 225 g/mol. The smallest absolute Gasteiger partial charge is 0.126 e. The average Bonchev–Trinajstić information content (AvgIpc) is 3.06. The maximum atomic E-state index is 13.5. The molecule has 1 nitrogen and oxygen atoms in total. The molecule has 3 heteroatoms. The molecule has 1 saturated carbocycles. The van der Waals surface area contributed by atoms with Crippen molar-refractivity contribution in [1.82, 2.24) is 5.32 Å². The van der Waals surface area contributed by atoms with E-state index in [-0.39, 0.29) is 11.6 Å². The molecule has 1 aromatic carbocycles. The summed E-state index contributed by atoms with van der Waals surface area (Å²) in [4.78, 5) is 0. The van der Waals surface area contributed by atoms with Crippen molar-refractivity contribution < 1.29 is 8.78 Å². The summed E-state index contributed by atoms with van der Waals surface area (Å²) in [5, 5.41) is 3.35. The Kier molecular flexibility index (Phi) is 3.54. The lowest BCUT2D eigenvalue weighted by Gasteiger charge is -2.17. The van der Waals surface area contributed by atoms with E-state index in [1.165, 1.54) is 25.0 Å². The zero-order valence-corrected chi connectivity index (χ0v) is 9.47.